The summed E-state index contributed by atoms with van der Waals surface area (Å²) in [6, 6.07) is 8.60. The van der Waals surface area contributed by atoms with Gasteiger partial charge in [-0.2, -0.15) is 0 Å². The molecule has 2 aromatic rings. The number of allylic oxidation sites excluding steroid dienone is 2. The molecule has 0 unspecified atom stereocenters. The van der Waals surface area contributed by atoms with Gasteiger partial charge in [-0.15, -0.1) is 0 Å². The number of fused-ring (bicyclic) bond motifs is 2. The first kappa shape index (κ1) is 22.1. The Balaban J connectivity index is 0.000000516. The van der Waals surface area contributed by atoms with E-state index in [2.05, 4.69) is 26.5 Å². The predicted octanol–water partition coefficient (Wildman–Crippen LogP) is 3.44. The molecule has 29 heavy (non-hydrogen) atoms. The molecule has 0 saturated carbocycles. The summed E-state index contributed by atoms with van der Waals surface area (Å²) in [6.07, 6.45) is 5.31. The smallest absolute Gasteiger partial charge is 0.322 e. The van der Waals surface area contributed by atoms with Gasteiger partial charge < -0.3 is 10.2 Å². The quantitative estimate of drug-likeness (QED) is 0.734. The summed E-state index contributed by atoms with van der Waals surface area (Å²) in [5, 5.41) is 3.52. The standard InChI is InChI=1S/C10H10N2O2S.C9H8N2O.C2H6.2H2/c1-11-15(13,14)9-6-2-4-8-5-3-7-12-10(8)9;1-11-6-7-4-2-3-5-8(7)10-9(11)12;1-2;;/h2-7,11H,1H3;2,4H,6H2,1H3,(H,10,12);1-2H3;2*1H. The van der Waals surface area contributed by atoms with Crippen molar-refractivity contribution in [1.29, 1.82) is 0 Å². The molecule has 2 heterocycles. The largest absolute Gasteiger partial charge is 0.323 e. The van der Waals surface area contributed by atoms with Crippen LogP contribution in [-0.4, -0.2) is 45.0 Å². The molecule has 1 saturated heterocycles. The zero-order valence-electron chi connectivity index (χ0n) is 16.9. The zero-order valence-corrected chi connectivity index (χ0v) is 17.7. The van der Waals surface area contributed by atoms with Crippen LogP contribution in [0.3, 0.4) is 0 Å². The predicted molar refractivity (Wildman–Crippen MR) is 118 cm³/mol. The highest BCUT2D eigenvalue weighted by Gasteiger charge is 2.21. The lowest BCUT2D eigenvalue weighted by atomic mass is 10.1. The van der Waals surface area contributed by atoms with Gasteiger partial charge in [-0.25, -0.2) is 17.9 Å². The van der Waals surface area contributed by atoms with Crippen molar-refractivity contribution in [2.24, 2.45) is 0 Å². The van der Waals surface area contributed by atoms with Gasteiger partial charge in [0, 0.05) is 33.6 Å². The molecule has 8 heteroatoms. The van der Waals surface area contributed by atoms with E-state index < -0.39 is 10.0 Å². The topological polar surface area (TPSA) is 91.4 Å². The summed E-state index contributed by atoms with van der Waals surface area (Å²) < 4.78 is 25.6. The molecule has 1 aromatic heterocycles. The van der Waals surface area contributed by atoms with E-state index in [0.717, 1.165) is 16.7 Å². The first-order valence-electron chi connectivity index (χ1n) is 9.13. The highest BCUT2D eigenvalue weighted by atomic mass is 32.2. The molecule has 2 amide bonds. The molecule has 2 N–H and O–H groups in total. The lowest BCUT2D eigenvalue weighted by Crippen LogP contribution is -2.43. The van der Waals surface area contributed by atoms with Gasteiger partial charge >= 0.3 is 6.03 Å². The van der Waals surface area contributed by atoms with Gasteiger partial charge in [-0.1, -0.05) is 37.8 Å². The van der Waals surface area contributed by atoms with E-state index in [0.29, 0.717) is 12.1 Å². The number of benzene rings is 1. The van der Waals surface area contributed by atoms with Crippen molar-refractivity contribution in [2.45, 2.75) is 18.7 Å². The number of nitrogens with one attached hydrogen (secondary N) is 2. The second-order valence-corrected chi connectivity index (χ2v) is 7.68. The van der Waals surface area contributed by atoms with Gasteiger partial charge in [0.1, 0.15) is 4.90 Å². The minimum Gasteiger partial charge on any atom is -0.323 e. The Bertz CT molecular complexity index is 1140. The lowest BCUT2D eigenvalue weighted by molar-refractivity contribution is 0.211. The molecule has 0 bridgehead atoms. The van der Waals surface area contributed by atoms with E-state index in [-0.39, 0.29) is 13.8 Å². The Labute approximate surface area is 174 Å². The van der Waals surface area contributed by atoms with Crippen molar-refractivity contribution >= 4 is 27.0 Å². The van der Waals surface area contributed by atoms with Crippen molar-refractivity contribution in [3.8, 4) is 0 Å². The van der Waals surface area contributed by atoms with Crippen LogP contribution >= 0.6 is 0 Å². The Morgan fingerprint density at radius 3 is 2.69 bits per heavy atom. The average Bonchev–Trinajstić information content (AvgIpc) is 2.76. The molecule has 7 nitrogen and oxygen atoms in total. The number of carbonyl (C=O) groups is 1. The van der Waals surface area contributed by atoms with Gasteiger partial charge in [0.15, 0.2) is 0 Å². The number of amides is 2. The number of urea groups is 1. The summed E-state index contributed by atoms with van der Waals surface area (Å²) >= 11 is 0. The zero-order chi connectivity index (χ0) is 21.4. The van der Waals surface area contributed by atoms with Crippen molar-refractivity contribution < 1.29 is 16.1 Å². The first-order valence-corrected chi connectivity index (χ1v) is 10.6. The summed E-state index contributed by atoms with van der Waals surface area (Å²) in [7, 11) is -0.292. The summed E-state index contributed by atoms with van der Waals surface area (Å²) in [6.45, 7) is 4.65. The molecule has 0 radical (unpaired) electrons. The molecule has 2 aliphatic rings. The molecule has 4 rings (SSSR count). The monoisotopic (exact) mass is 416 g/mol. The molecule has 1 aliphatic carbocycles. The number of nitrogens with zero attached hydrogens (tertiary/aromatic N) is 2. The maximum atomic E-state index is 11.7. The van der Waals surface area contributed by atoms with Crippen molar-refractivity contribution in [3.63, 3.8) is 0 Å². The van der Waals surface area contributed by atoms with Crippen LogP contribution in [0.15, 0.2) is 76.3 Å². The highest BCUT2D eigenvalue weighted by molar-refractivity contribution is 7.89. The number of aromatic nitrogens is 1. The Kier molecular flexibility index (Phi) is 7.53. The summed E-state index contributed by atoms with van der Waals surface area (Å²) in [5.74, 6) is 0. The minimum absolute atomic E-state index is 0. The minimum atomic E-state index is -3.44. The third kappa shape index (κ3) is 5.22. The molecule has 1 aliphatic heterocycles. The van der Waals surface area contributed by atoms with Crippen LogP contribution in [0, 0.1) is 0 Å². The van der Waals surface area contributed by atoms with Gasteiger partial charge in [0.2, 0.25) is 10.0 Å². The Hall–Kier alpha value is -3.15. The fraction of sp³-hybridized carbons (Fsp3) is 0.238. The van der Waals surface area contributed by atoms with Crippen molar-refractivity contribution in [3.05, 3.63) is 71.4 Å². The summed E-state index contributed by atoms with van der Waals surface area (Å²) in [5.41, 5.74) is 7.98. The van der Waals surface area contributed by atoms with E-state index >= 15 is 0 Å². The Morgan fingerprint density at radius 1 is 1.24 bits per heavy atom. The van der Waals surface area contributed by atoms with Crippen LogP contribution in [-0.2, 0) is 10.0 Å². The van der Waals surface area contributed by atoms with Crippen molar-refractivity contribution in [2.75, 3.05) is 20.6 Å². The number of carbonyl (C=O) groups excluding carboxylic acids is 1. The number of rotatable bonds is 2. The maximum Gasteiger partial charge on any atom is 0.322 e. The van der Waals surface area contributed by atoms with Crippen LogP contribution < -0.4 is 10.0 Å². The van der Waals surface area contributed by atoms with E-state index in [1.165, 1.54) is 7.05 Å². The number of hydrogen-bond acceptors (Lipinski definition) is 4. The molecular weight excluding hydrogens is 388 g/mol. The second-order valence-electron chi connectivity index (χ2n) is 5.83. The van der Waals surface area contributed by atoms with Crippen LogP contribution in [0.25, 0.3) is 10.9 Å². The summed E-state index contributed by atoms with van der Waals surface area (Å²) in [4.78, 5) is 17.0. The van der Waals surface area contributed by atoms with Gasteiger partial charge in [-0.05, 0) is 37.1 Å². The second kappa shape index (κ2) is 9.87. The fourth-order valence-corrected chi connectivity index (χ4v) is 3.50. The molecular formula is C21H28N4O3S. The van der Waals surface area contributed by atoms with E-state index in [1.54, 1.807) is 42.4 Å². The van der Waals surface area contributed by atoms with E-state index in [1.807, 2.05) is 32.1 Å². The van der Waals surface area contributed by atoms with Crippen LogP contribution in [0.1, 0.15) is 16.7 Å². The lowest BCUT2D eigenvalue weighted by Gasteiger charge is -2.26. The van der Waals surface area contributed by atoms with Crippen LogP contribution in [0.5, 0.6) is 0 Å². The van der Waals surface area contributed by atoms with Gasteiger partial charge in [0.05, 0.1) is 11.2 Å². The Morgan fingerprint density at radius 2 is 1.97 bits per heavy atom. The third-order valence-corrected chi connectivity index (χ3v) is 5.47. The maximum absolute atomic E-state index is 11.7. The van der Waals surface area contributed by atoms with E-state index in [9.17, 15) is 13.2 Å². The first-order chi connectivity index (χ1) is 13.9. The molecule has 0 atom stereocenters. The van der Waals surface area contributed by atoms with E-state index in [4.69, 9.17) is 0 Å². The van der Waals surface area contributed by atoms with Gasteiger partial charge in [-0.3, -0.25) is 4.98 Å². The van der Waals surface area contributed by atoms with Gasteiger partial charge in [0.25, 0.3) is 0 Å². The highest BCUT2D eigenvalue weighted by Crippen LogP contribution is 2.19. The average molecular weight is 417 g/mol. The molecule has 0 spiro atoms. The SMILES string of the molecule is CC.CN1CC2=CC=C=C=C2NC1=O.CNS(=O)(=O)c1cccc2cccnc12.[HH].[HH]. The number of sulfonamides is 1. The van der Waals surface area contributed by atoms with Crippen LogP contribution in [0.2, 0.25) is 0 Å². The molecule has 156 valence electrons. The van der Waals surface area contributed by atoms with Crippen LogP contribution in [0.4, 0.5) is 4.79 Å². The third-order valence-electron chi connectivity index (χ3n) is 4.03. The normalized spacial score (nSPS) is 14.5. The number of likely N-dealkylation sites (N-methyl/N-ethyl adjacent to an activating group) is 1. The molecule has 1 fully saturated rings. The number of para-hydroxylation sites is 1. The number of hydrogen-bond donors (Lipinski definition) is 2. The molecule has 1 aromatic carbocycles. The number of pyridine rings is 1. The fourth-order valence-electron chi connectivity index (χ4n) is 2.60. The van der Waals surface area contributed by atoms with Crippen molar-refractivity contribution in [1.82, 2.24) is 19.9 Å².